The van der Waals surface area contributed by atoms with Crippen molar-refractivity contribution in [1.82, 2.24) is 0 Å². The van der Waals surface area contributed by atoms with Gasteiger partial charge in [0, 0.05) is 40.3 Å². The van der Waals surface area contributed by atoms with Crippen molar-refractivity contribution in [3.63, 3.8) is 0 Å². The summed E-state index contributed by atoms with van der Waals surface area (Å²) in [5.41, 5.74) is 7.45. The number of hydrogen-bond acceptors (Lipinski definition) is 2. The Bertz CT molecular complexity index is 2040. The summed E-state index contributed by atoms with van der Waals surface area (Å²) in [5, 5.41) is 5.39. The molecule has 0 fully saturated rings. The fourth-order valence-corrected chi connectivity index (χ4v) is 7.90. The van der Waals surface area contributed by atoms with E-state index in [9.17, 15) is 0 Å². The van der Waals surface area contributed by atoms with Crippen molar-refractivity contribution in [2.45, 2.75) is 13.8 Å². The zero-order chi connectivity index (χ0) is 28.5. The third-order valence-corrected chi connectivity index (χ3v) is 9.85. The first-order chi connectivity index (χ1) is 20.6. The normalized spacial score (nSPS) is 12.6. The van der Waals surface area contributed by atoms with Gasteiger partial charge in [-0.1, -0.05) is 121 Å². The predicted molar refractivity (Wildman–Crippen MR) is 191 cm³/mol. The van der Waals surface area contributed by atoms with E-state index in [1.165, 1.54) is 73.7 Å². The largest absolute Gasteiger partial charge is 0.135 e. The third kappa shape index (κ3) is 5.52. The van der Waals surface area contributed by atoms with Crippen LogP contribution < -0.4 is 0 Å². The van der Waals surface area contributed by atoms with Gasteiger partial charge in [0.05, 0.1) is 0 Å². The molecule has 0 saturated heterocycles. The van der Waals surface area contributed by atoms with Gasteiger partial charge in [-0.25, -0.2) is 0 Å². The van der Waals surface area contributed by atoms with E-state index in [1.54, 1.807) is 0 Å². The molecular weight excluding hydrogens is 545 g/mol. The molecule has 5 aromatic carbocycles. The maximum absolute atomic E-state index is 2.29. The molecule has 0 amide bonds. The Morgan fingerprint density at radius 3 is 1.07 bits per heavy atom. The minimum Gasteiger partial charge on any atom is -0.135 e. The molecule has 7 aromatic rings. The Morgan fingerprint density at radius 1 is 0.357 bits per heavy atom. The number of fused-ring (bicyclic) bond motifs is 6. The fourth-order valence-electron chi connectivity index (χ4n) is 5.39. The Labute approximate surface area is 254 Å². The van der Waals surface area contributed by atoms with Crippen LogP contribution in [0.3, 0.4) is 0 Å². The summed E-state index contributed by atoms with van der Waals surface area (Å²) >= 11 is 3.75. The highest BCUT2D eigenvalue weighted by Gasteiger charge is 2.06. The van der Waals surface area contributed by atoms with Crippen LogP contribution in [0.4, 0.5) is 0 Å². The number of benzene rings is 5. The molecule has 0 nitrogen and oxygen atoms in total. The number of thiophene rings is 2. The second-order valence-electron chi connectivity index (χ2n) is 10.8. The number of allylic oxidation sites excluding steroid dienone is 4. The van der Waals surface area contributed by atoms with E-state index in [0.29, 0.717) is 0 Å². The van der Waals surface area contributed by atoms with Crippen molar-refractivity contribution >= 4 is 87.3 Å². The number of rotatable bonds is 6. The first kappa shape index (κ1) is 26.4. The SMILES string of the molecule is Cc1ccc2c(c1)sc1cc(/C=C/C=C/c3ccc(/C=C/C=C/c4ccc5c(c4)sc4cc(C)ccc45)cc3)ccc12. The lowest BCUT2D eigenvalue weighted by Gasteiger charge is -1.96. The van der Waals surface area contributed by atoms with Crippen LogP contribution in [0.1, 0.15) is 33.4 Å². The summed E-state index contributed by atoms with van der Waals surface area (Å²) in [6.07, 6.45) is 17.1. The predicted octanol–water partition coefficient (Wildman–Crippen LogP) is 12.5. The van der Waals surface area contributed by atoms with Crippen LogP contribution in [0.5, 0.6) is 0 Å². The van der Waals surface area contributed by atoms with E-state index in [1.807, 2.05) is 22.7 Å². The summed E-state index contributed by atoms with van der Waals surface area (Å²) in [5.74, 6) is 0. The number of hydrogen-bond donors (Lipinski definition) is 0. The van der Waals surface area contributed by atoms with Crippen LogP contribution in [0.15, 0.2) is 121 Å². The molecule has 42 heavy (non-hydrogen) atoms. The van der Waals surface area contributed by atoms with Gasteiger partial charge in [0.25, 0.3) is 0 Å². The van der Waals surface area contributed by atoms with Crippen molar-refractivity contribution in [2.75, 3.05) is 0 Å². The molecule has 2 aromatic heterocycles. The van der Waals surface area contributed by atoms with Gasteiger partial charge in [0.1, 0.15) is 0 Å². The van der Waals surface area contributed by atoms with Crippen molar-refractivity contribution < 1.29 is 0 Å². The minimum atomic E-state index is 1.19. The quantitative estimate of drug-likeness (QED) is 0.173. The smallest absolute Gasteiger partial charge is 0.0361 e. The molecule has 0 radical (unpaired) electrons. The first-order valence-corrected chi connectivity index (χ1v) is 15.9. The van der Waals surface area contributed by atoms with Crippen LogP contribution in [0.2, 0.25) is 0 Å². The molecule has 0 bridgehead atoms. The molecule has 0 aliphatic rings. The van der Waals surface area contributed by atoms with Gasteiger partial charge in [0.15, 0.2) is 0 Å². The highest BCUT2D eigenvalue weighted by atomic mass is 32.1. The molecule has 202 valence electrons. The van der Waals surface area contributed by atoms with Gasteiger partial charge >= 0.3 is 0 Å². The standard InChI is InChI=1S/C40H30S2/c1-27-11-19-33-35-21-17-31(25-39(35)41-37(33)23-27)9-5-3-7-29-13-15-30(16-14-29)8-4-6-10-32-18-22-36-34-20-12-28(2)24-38(34)42-40(36)26-32/h3-26H,1-2H3/b7-3+,8-4+,9-5+,10-6+. The lowest BCUT2D eigenvalue weighted by molar-refractivity contribution is 1.52. The summed E-state index contributed by atoms with van der Waals surface area (Å²) in [6.45, 7) is 4.31. The van der Waals surface area contributed by atoms with Crippen molar-refractivity contribution in [2.24, 2.45) is 0 Å². The lowest BCUT2D eigenvalue weighted by atomic mass is 10.1. The molecule has 0 spiro atoms. The Kier molecular flexibility index (Phi) is 7.17. The summed E-state index contributed by atoms with van der Waals surface area (Å²) in [7, 11) is 0. The molecule has 0 aliphatic heterocycles. The summed E-state index contributed by atoms with van der Waals surface area (Å²) in [6, 6.07) is 35.6. The van der Waals surface area contributed by atoms with E-state index in [0.717, 1.165) is 0 Å². The molecule has 2 heteroatoms. The van der Waals surface area contributed by atoms with Crippen LogP contribution in [0, 0.1) is 13.8 Å². The second-order valence-corrected chi connectivity index (χ2v) is 13.0. The van der Waals surface area contributed by atoms with E-state index < -0.39 is 0 Å². The minimum absolute atomic E-state index is 1.19. The second kappa shape index (κ2) is 11.4. The van der Waals surface area contributed by atoms with Crippen LogP contribution in [-0.4, -0.2) is 0 Å². The Balaban J connectivity index is 0.974. The van der Waals surface area contributed by atoms with Crippen LogP contribution >= 0.6 is 22.7 Å². The molecule has 2 heterocycles. The number of aryl methyl sites for hydroxylation is 2. The topological polar surface area (TPSA) is 0 Å². The van der Waals surface area contributed by atoms with E-state index in [2.05, 4.69) is 160 Å². The van der Waals surface area contributed by atoms with E-state index >= 15 is 0 Å². The van der Waals surface area contributed by atoms with Gasteiger partial charge in [-0.05, 0) is 71.5 Å². The van der Waals surface area contributed by atoms with Crippen molar-refractivity contribution in [1.29, 1.82) is 0 Å². The molecule has 0 N–H and O–H groups in total. The van der Waals surface area contributed by atoms with Crippen LogP contribution in [0.25, 0.3) is 64.6 Å². The third-order valence-electron chi connectivity index (χ3n) is 7.62. The van der Waals surface area contributed by atoms with E-state index in [-0.39, 0.29) is 0 Å². The van der Waals surface area contributed by atoms with Gasteiger partial charge in [-0.2, -0.15) is 0 Å². The molecule has 0 unspecified atom stereocenters. The molecule has 0 atom stereocenters. The molecule has 0 saturated carbocycles. The summed E-state index contributed by atoms with van der Waals surface area (Å²) in [4.78, 5) is 0. The zero-order valence-corrected chi connectivity index (χ0v) is 25.3. The van der Waals surface area contributed by atoms with Gasteiger partial charge in [0.2, 0.25) is 0 Å². The lowest BCUT2D eigenvalue weighted by Crippen LogP contribution is -1.74. The van der Waals surface area contributed by atoms with Gasteiger partial charge in [-0.15, -0.1) is 22.7 Å². The maximum Gasteiger partial charge on any atom is 0.0361 e. The average molecular weight is 575 g/mol. The van der Waals surface area contributed by atoms with E-state index in [4.69, 9.17) is 0 Å². The maximum atomic E-state index is 2.29. The zero-order valence-electron chi connectivity index (χ0n) is 23.7. The fraction of sp³-hybridized carbons (Fsp3) is 0.0500. The van der Waals surface area contributed by atoms with Crippen molar-refractivity contribution in [3.05, 3.63) is 155 Å². The van der Waals surface area contributed by atoms with Gasteiger partial charge < -0.3 is 0 Å². The van der Waals surface area contributed by atoms with Gasteiger partial charge in [-0.3, -0.25) is 0 Å². The highest BCUT2D eigenvalue weighted by molar-refractivity contribution is 7.26. The Morgan fingerprint density at radius 2 is 0.667 bits per heavy atom. The Hall–Kier alpha value is -4.50. The van der Waals surface area contributed by atoms with Crippen LogP contribution in [-0.2, 0) is 0 Å². The molecular formula is C40H30S2. The molecule has 0 aliphatic carbocycles. The van der Waals surface area contributed by atoms with Crippen molar-refractivity contribution in [3.8, 4) is 0 Å². The first-order valence-electron chi connectivity index (χ1n) is 14.2. The highest BCUT2D eigenvalue weighted by Crippen LogP contribution is 2.36. The molecule has 7 rings (SSSR count). The summed E-state index contributed by atoms with van der Waals surface area (Å²) < 4.78 is 5.40. The monoisotopic (exact) mass is 574 g/mol. The average Bonchev–Trinajstić information content (AvgIpc) is 3.54.